The van der Waals surface area contributed by atoms with E-state index in [-0.39, 0.29) is 34.8 Å². The molecule has 0 N–H and O–H groups in total. The fourth-order valence-corrected chi connectivity index (χ4v) is 4.66. The van der Waals surface area contributed by atoms with Crippen LogP contribution < -0.4 is 4.74 Å². The van der Waals surface area contributed by atoms with Crippen molar-refractivity contribution in [3.05, 3.63) is 71.7 Å². The molecule has 1 saturated heterocycles. The molecule has 37 heavy (non-hydrogen) atoms. The Morgan fingerprint density at radius 1 is 1.14 bits per heavy atom. The Balaban J connectivity index is 1.44. The third kappa shape index (κ3) is 4.85. The lowest BCUT2D eigenvalue weighted by molar-refractivity contribution is 0.0889. The average Bonchev–Trinajstić information content (AvgIpc) is 3.66. The highest BCUT2D eigenvalue weighted by molar-refractivity contribution is 5.96. The number of likely N-dealkylation sites (N-methyl/N-ethyl adjacent to an activating group) is 1. The van der Waals surface area contributed by atoms with Gasteiger partial charge in [-0.2, -0.15) is 9.37 Å². The van der Waals surface area contributed by atoms with Gasteiger partial charge in [-0.25, -0.2) is 13.8 Å². The molecule has 2 fully saturated rings. The molecule has 1 aliphatic carbocycles. The maximum absolute atomic E-state index is 15.4. The summed E-state index contributed by atoms with van der Waals surface area (Å²) in [5.41, 5.74) is 1.18. The molecule has 0 amide bonds. The average molecular weight is 512 g/mol. The lowest BCUT2D eigenvalue weighted by Gasteiger charge is -2.35. The molecule has 0 atom stereocenters. The number of aryl methyl sites for hydroxylation is 1. The van der Waals surface area contributed by atoms with Crippen LogP contribution in [-0.2, 0) is 6.42 Å². The first-order valence-corrected chi connectivity index (χ1v) is 12.2. The van der Waals surface area contributed by atoms with E-state index in [0.717, 1.165) is 57.1 Å². The van der Waals surface area contributed by atoms with E-state index in [2.05, 4.69) is 26.3 Å². The molecule has 7 nitrogen and oxygen atoms in total. The third-order valence-corrected chi connectivity index (χ3v) is 6.87. The molecule has 10 heteroatoms. The number of rotatable bonds is 7. The minimum atomic E-state index is -0.897. The first-order chi connectivity index (χ1) is 17.8. The highest BCUT2D eigenvalue weighted by Crippen LogP contribution is 2.37. The Labute approximate surface area is 212 Å². The summed E-state index contributed by atoms with van der Waals surface area (Å²) in [5.74, 6) is -4.05. The van der Waals surface area contributed by atoms with Gasteiger partial charge >= 0.3 is 0 Å². The number of aromatic nitrogens is 3. The number of fused-ring (bicyclic) bond motifs is 1. The van der Waals surface area contributed by atoms with E-state index in [9.17, 15) is 4.79 Å². The van der Waals surface area contributed by atoms with E-state index in [0.29, 0.717) is 5.69 Å². The van der Waals surface area contributed by atoms with Crippen LogP contribution >= 0.6 is 0 Å². The predicted molar refractivity (Wildman–Crippen MR) is 133 cm³/mol. The molecule has 0 spiro atoms. The molecule has 2 aliphatic rings. The van der Waals surface area contributed by atoms with Crippen LogP contribution in [0.1, 0.15) is 29.0 Å². The van der Waals surface area contributed by atoms with Gasteiger partial charge in [0.2, 0.25) is 11.7 Å². The van der Waals surface area contributed by atoms with Crippen molar-refractivity contribution in [2.45, 2.75) is 26.2 Å². The van der Waals surface area contributed by atoms with Crippen molar-refractivity contribution < 1.29 is 22.7 Å². The van der Waals surface area contributed by atoms with Crippen LogP contribution in [0.15, 0.2) is 42.9 Å². The number of nitrogens with zero attached hydrogens (tertiary/aromatic N) is 5. The van der Waals surface area contributed by atoms with Crippen LogP contribution in [0.5, 0.6) is 11.6 Å². The summed E-state index contributed by atoms with van der Waals surface area (Å²) in [6.07, 6.45) is 6.20. The first kappa shape index (κ1) is 25.0. The number of carbonyl (C=O) groups excluding carboxylic acids is 1. The van der Waals surface area contributed by atoms with E-state index in [1.54, 1.807) is 13.0 Å². The molecule has 0 bridgehead atoms. The molecule has 194 valence electrons. The van der Waals surface area contributed by atoms with E-state index >= 15 is 13.2 Å². The van der Waals surface area contributed by atoms with Gasteiger partial charge in [0.05, 0.1) is 11.2 Å². The van der Waals surface area contributed by atoms with E-state index in [1.165, 1.54) is 10.6 Å². The predicted octanol–water partition coefficient (Wildman–Crippen LogP) is 4.86. The van der Waals surface area contributed by atoms with E-state index in [1.807, 2.05) is 13.1 Å². The van der Waals surface area contributed by atoms with E-state index < -0.39 is 29.1 Å². The standard InChI is InChI=1S/C27H28F3N5O2/c1-4-5-18(34-10-8-33(3)9-11-34)13-21-24(30)26(32-15-31-21)37-22-14-20(28)25-19(23(22)29)12-16(2)35(25)27(36)17-6-7-17/h4-5,12,14-15,17H,1,6-11,13H2,2-3H3/b18-5+. The summed E-state index contributed by atoms with van der Waals surface area (Å²) in [7, 11) is 2.04. The van der Waals surface area contributed by atoms with Crippen molar-refractivity contribution >= 4 is 16.8 Å². The van der Waals surface area contributed by atoms with Crippen LogP contribution in [0.4, 0.5) is 13.2 Å². The van der Waals surface area contributed by atoms with Gasteiger partial charge in [-0.05, 0) is 39.0 Å². The van der Waals surface area contributed by atoms with Gasteiger partial charge in [0, 0.05) is 61.4 Å². The van der Waals surface area contributed by atoms with Crippen molar-refractivity contribution in [1.29, 1.82) is 0 Å². The third-order valence-electron chi connectivity index (χ3n) is 6.87. The van der Waals surface area contributed by atoms with E-state index in [4.69, 9.17) is 4.74 Å². The molecular weight excluding hydrogens is 483 g/mol. The highest BCUT2D eigenvalue weighted by atomic mass is 19.1. The van der Waals surface area contributed by atoms with Crippen LogP contribution in [0, 0.1) is 30.3 Å². The SMILES string of the molecule is C=C/C=C(\Cc1ncnc(Oc2cc(F)c3c(cc(C)n3C(=O)C3CC3)c2F)c1F)N1CCN(C)CC1. The van der Waals surface area contributed by atoms with Crippen molar-refractivity contribution in [3.8, 4) is 11.6 Å². The number of piperazine rings is 1. The van der Waals surface area contributed by atoms with Crippen LogP contribution in [-0.4, -0.2) is 63.5 Å². The minimum absolute atomic E-state index is 0.0658. The Morgan fingerprint density at radius 3 is 2.54 bits per heavy atom. The second-order valence-corrected chi connectivity index (χ2v) is 9.57. The number of allylic oxidation sites excluding steroid dienone is 3. The van der Waals surface area contributed by atoms with Gasteiger partial charge in [0.25, 0.3) is 5.88 Å². The summed E-state index contributed by atoms with van der Waals surface area (Å²) in [5, 5.41) is -0.109. The molecule has 5 rings (SSSR count). The second kappa shape index (κ2) is 10.0. The lowest BCUT2D eigenvalue weighted by Crippen LogP contribution is -2.44. The summed E-state index contributed by atoms with van der Waals surface area (Å²) in [4.78, 5) is 24.9. The number of carbonyl (C=O) groups is 1. The summed E-state index contributed by atoms with van der Waals surface area (Å²) < 4.78 is 52.6. The fourth-order valence-electron chi connectivity index (χ4n) is 4.66. The molecule has 2 aromatic heterocycles. The lowest BCUT2D eigenvalue weighted by atomic mass is 10.1. The van der Waals surface area contributed by atoms with Gasteiger partial charge in [-0.3, -0.25) is 9.36 Å². The van der Waals surface area contributed by atoms with Gasteiger partial charge in [-0.1, -0.05) is 12.7 Å². The number of hydrogen-bond donors (Lipinski definition) is 0. The first-order valence-electron chi connectivity index (χ1n) is 12.2. The Kier molecular flexibility index (Phi) is 6.76. The number of ether oxygens (including phenoxy) is 1. The smallest absolute Gasteiger partial charge is 0.259 e. The van der Waals surface area contributed by atoms with Gasteiger partial charge < -0.3 is 14.5 Å². The van der Waals surface area contributed by atoms with Crippen LogP contribution in [0.25, 0.3) is 10.9 Å². The molecule has 3 aromatic rings. The van der Waals surface area contributed by atoms with Crippen molar-refractivity contribution in [2.24, 2.45) is 5.92 Å². The maximum atomic E-state index is 15.4. The van der Waals surface area contributed by atoms with Crippen molar-refractivity contribution in [3.63, 3.8) is 0 Å². The second-order valence-electron chi connectivity index (χ2n) is 9.57. The van der Waals surface area contributed by atoms with Gasteiger partial charge in [-0.15, -0.1) is 0 Å². The quantitative estimate of drug-likeness (QED) is 0.423. The molecule has 1 aliphatic heterocycles. The van der Waals surface area contributed by atoms with Crippen LogP contribution in [0.3, 0.4) is 0 Å². The zero-order chi connectivity index (χ0) is 26.3. The molecule has 0 radical (unpaired) electrons. The van der Waals surface area contributed by atoms with Crippen LogP contribution in [0.2, 0.25) is 0 Å². The number of halogens is 3. The maximum Gasteiger partial charge on any atom is 0.259 e. The highest BCUT2D eigenvalue weighted by Gasteiger charge is 2.34. The van der Waals surface area contributed by atoms with Gasteiger partial charge in [0.1, 0.15) is 6.33 Å². The molecular formula is C27H28F3N5O2. The number of benzene rings is 1. The zero-order valence-electron chi connectivity index (χ0n) is 20.8. The van der Waals surface area contributed by atoms with Crippen molar-refractivity contribution in [1.82, 2.24) is 24.3 Å². The normalized spacial score (nSPS) is 16.9. The Morgan fingerprint density at radius 2 is 1.86 bits per heavy atom. The topological polar surface area (TPSA) is 63.5 Å². The molecule has 3 heterocycles. The largest absolute Gasteiger partial charge is 0.433 e. The molecule has 0 unspecified atom stereocenters. The Bertz CT molecular complexity index is 1410. The zero-order valence-corrected chi connectivity index (χ0v) is 20.8. The summed E-state index contributed by atoms with van der Waals surface area (Å²) in [6, 6.07) is 2.22. The minimum Gasteiger partial charge on any atom is -0.433 e. The van der Waals surface area contributed by atoms with Gasteiger partial charge in [0.15, 0.2) is 17.4 Å². The van der Waals surface area contributed by atoms with Crippen molar-refractivity contribution in [2.75, 3.05) is 33.2 Å². The summed E-state index contributed by atoms with van der Waals surface area (Å²) >= 11 is 0. The Hall–Kier alpha value is -3.66. The molecule has 1 saturated carbocycles. The number of hydrogen-bond acceptors (Lipinski definition) is 6. The fraction of sp³-hybridized carbons (Fsp3) is 0.370. The molecule has 1 aromatic carbocycles. The monoisotopic (exact) mass is 511 g/mol. The summed E-state index contributed by atoms with van der Waals surface area (Å²) in [6.45, 7) is 8.67.